The summed E-state index contributed by atoms with van der Waals surface area (Å²) in [6, 6.07) is 14.6. The van der Waals surface area contributed by atoms with Gasteiger partial charge in [-0.15, -0.1) is 5.10 Å². The van der Waals surface area contributed by atoms with Gasteiger partial charge in [0, 0.05) is 11.5 Å². The van der Waals surface area contributed by atoms with Gasteiger partial charge in [0.05, 0.1) is 17.3 Å². The third kappa shape index (κ3) is 3.30. The van der Waals surface area contributed by atoms with Crippen molar-refractivity contribution in [1.82, 2.24) is 14.6 Å². The molecule has 2 heterocycles. The maximum atomic E-state index is 11.9. The molecule has 1 amide bonds. The van der Waals surface area contributed by atoms with E-state index in [9.17, 15) is 9.90 Å². The van der Waals surface area contributed by atoms with Crippen molar-refractivity contribution in [2.45, 2.75) is 18.9 Å². The van der Waals surface area contributed by atoms with Crippen molar-refractivity contribution in [3.8, 4) is 17.3 Å². The van der Waals surface area contributed by atoms with Crippen LogP contribution in [0.5, 0.6) is 0 Å². The first-order chi connectivity index (χ1) is 13.1. The van der Waals surface area contributed by atoms with E-state index in [1.54, 1.807) is 16.6 Å². The van der Waals surface area contributed by atoms with Crippen LogP contribution in [0.3, 0.4) is 0 Å². The molecule has 0 radical (unpaired) electrons. The number of rotatable bonds is 5. The highest BCUT2D eigenvalue weighted by molar-refractivity contribution is 5.92. The zero-order valence-corrected chi connectivity index (χ0v) is 14.5. The van der Waals surface area contributed by atoms with E-state index in [0.29, 0.717) is 11.2 Å². The summed E-state index contributed by atoms with van der Waals surface area (Å²) >= 11 is 0. The predicted molar refractivity (Wildman–Crippen MR) is 99.5 cm³/mol. The normalized spacial score (nSPS) is 14.5. The van der Waals surface area contributed by atoms with Crippen molar-refractivity contribution in [1.29, 1.82) is 5.26 Å². The van der Waals surface area contributed by atoms with Crippen LogP contribution in [0, 0.1) is 17.2 Å². The Kier molecular flexibility index (Phi) is 4.18. The average molecular weight is 359 g/mol. The number of nitriles is 1. The van der Waals surface area contributed by atoms with Crippen molar-refractivity contribution < 1.29 is 9.90 Å². The monoisotopic (exact) mass is 359 g/mol. The quantitative estimate of drug-likeness (QED) is 0.682. The molecule has 0 bridgehead atoms. The summed E-state index contributed by atoms with van der Waals surface area (Å²) in [7, 11) is 0. The van der Waals surface area contributed by atoms with Crippen LogP contribution in [0.2, 0.25) is 0 Å². The summed E-state index contributed by atoms with van der Waals surface area (Å²) in [6.07, 6.45) is 0.817. The van der Waals surface area contributed by atoms with Crippen LogP contribution in [-0.4, -0.2) is 25.6 Å². The summed E-state index contributed by atoms with van der Waals surface area (Å²) in [5.74, 6) is 0.332. The minimum absolute atomic E-state index is 0.0384. The molecule has 0 saturated heterocycles. The van der Waals surface area contributed by atoms with Crippen LogP contribution in [0.4, 0.5) is 5.95 Å². The largest absolute Gasteiger partial charge is 0.383 e. The maximum Gasteiger partial charge on any atom is 0.249 e. The molecule has 1 aromatic carbocycles. The number of aliphatic hydroxyl groups is 1. The highest BCUT2D eigenvalue weighted by Gasteiger charge is 2.30. The lowest BCUT2D eigenvalue weighted by Gasteiger charge is -2.10. The van der Waals surface area contributed by atoms with E-state index in [-0.39, 0.29) is 23.3 Å². The minimum atomic E-state index is -1.02. The van der Waals surface area contributed by atoms with Gasteiger partial charge in [0.25, 0.3) is 0 Å². The topological polar surface area (TPSA) is 103 Å². The van der Waals surface area contributed by atoms with Crippen molar-refractivity contribution in [2.24, 2.45) is 5.92 Å². The van der Waals surface area contributed by atoms with E-state index in [1.165, 1.54) is 0 Å². The third-order valence-electron chi connectivity index (χ3n) is 4.54. The first-order valence-electron chi connectivity index (χ1n) is 8.61. The summed E-state index contributed by atoms with van der Waals surface area (Å²) in [4.78, 5) is 16.3. The van der Waals surface area contributed by atoms with Crippen LogP contribution in [-0.2, 0) is 4.79 Å². The maximum absolute atomic E-state index is 11.9. The molecule has 2 aromatic heterocycles. The van der Waals surface area contributed by atoms with Crippen molar-refractivity contribution in [3.05, 3.63) is 60.2 Å². The van der Waals surface area contributed by atoms with Gasteiger partial charge >= 0.3 is 0 Å². The number of anilines is 1. The van der Waals surface area contributed by atoms with Crippen LogP contribution < -0.4 is 5.32 Å². The van der Waals surface area contributed by atoms with Crippen LogP contribution in [0.1, 0.15) is 24.5 Å². The van der Waals surface area contributed by atoms with Gasteiger partial charge in [-0.25, -0.2) is 4.52 Å². The third-order valence-corrected chi connectivity index (χ3v) is 4.54. The second-order valence-electron chi connectivity index (χ2n) is 6.54. The lowest BCUT2D eigenvalue weighted by Crippen LogP contribution is -2.14. The van der Waals surface area contributed by atoms with Gasteiger partial charge < -0.3 is 5.11 Å². The van der Waals surface area contributed by atoms with E-state index in [1.807, 2.05) is 36.4 Å². The molecule has 1 atom stereocenters. The SMILES string of the molecule is C=C(C#N)C(O)c1ccc(-c2cccc3nc(NC(=O)C4CC4)nn23)cc1. The van der Waals surface area contributed by atoms with Gasteiger partial charge in [0.1, 0.15) is 6.10 Å². The fourth-order valence-electron chi connectivity index (χ4n) is 2.83. The molecule has 1 saturated carbocycles. The van der Waals surface area contributed by atoms with Crippen molar-refractivity contribution >= 4 is 17.5 Å². The number of carbonyl (C=O) groups is 1. The number of carbonyl (C=O) groups excluding carboxylic acids is 1. The Morgan fingerprint density at radius 3 is 2.70 bits per heavy atom. The van der Waals surface area contributed by atoms with Crippen LogP contribution >= 0.6 is 0 Å². The number of hydrogen-bond acceptors (Lipinski definition) is 5. The molecule has 27 heavy (non-hydrogen) atoms. The molecular formula is C20H17N5O2. The summed E-state index contributed by atoms with van der Waals surface area (Å²) in [5, 5.41) is 26.1. The number of hydrogen-bond donors (Lipinski definition) is 2. The van der Waals surface area contributed by atoms with E-state index >= 15 is 0 Å². The number of benzene rings is 1. The number of nitrogens with one attached hydrogen (secondary N) is 1. The molecule has 3 aromatic rings. The minimum Gasteiger partial charge on any atom is -0.383 e. The van der Waals surface area contributed by atoms with Crippen molar-refractivity contribution in [3.63, 3.8) is 0 Å². The molecule has 0 spiro atoms. The smallest absolute Gasteiger partial charge is 0.249 e. The first kappa shape index (κ1) is 16.9. The Morgan fingerprint density at radius 1 is 1.30 bits per heavy atom. The van der Waals surface area contributed by atoms with E-state index in [2.05, 4.69) is 22.0 Å². The summed E-state index contributed by atoms with van der Waals surface area (Å²) in [6.45, 7) is 3.55. The molecule has 134 valence electrons. The highest BCUT2D eigenvalue weighted by atomic mass is 16.3. The molecule has 1 aliphatic carbocycles. The molecule has 1 unspecified atom stereocenters. The molecule has 0 aliphatic heterocycles. The average Bonchev–Trinajstić information content (AvgIpc) is 3.47. The Labute approximate surface area is 155 Å². The van der Waals surface area contributed by atoms with Gasteiger partial charge in [-0.2, -0.15) is 10.2 Å². The standard InChI is InChI=1S/C20H17N5O2/c1-12(11-21)18(26)14-7-5-13(6-8-14)16-3-2-4-17-22-20(24-25(16)17)23-19(27)15-9-10-15/h2-8,15,18,26H,1,9-10H2,(H,23,24,27). The zero-order chi connectivity index (χ0) is 19.0. The van der Waals surface area contributed by atoms with Gasteiger partial charge in [-0.05, 0) is 30.5 Å². The number of pyridine rings is 1. The molecule has 2 N–H and O–H groups in total. The van der Waals surface area contributed by atoms with Crippen LogP contribution in [0.15, 0.2) is 54.6 Å². The number of aliphatic hydroxyl groups excluding tert-OH is 1. The second-order valence-corrected chi connectivity index (χ2v) is 6.54. The van der Waals surface area contributed by atoms with Gasteiger partial charge in [0.2, 0.25) is 11.9 Å². The second kappa shape index (κ2) is 6.67. The molecule has 7 heteroatoms. The fourth-order valence-corrected chi connectivity index (χ4v) is 2.83. The number of amides is 1. The summed E-state index contributed by atoms with van der Waals surface area (Å²) in [5.41, 5.74) is 2.97. The predicted octanol–water partition coefficient (Wildman–Crippen LogP) is 2.86. The number of aromatic nitrogens is 3. The van der Waals surface area contributed by atoms with E-state index in [4.69, 9.17) is 5.26 Å². The molecule has 1 aliphatic rings. The molecule has 4 rings (SSSR count). The zero-order valence-electron chi connectivity index (χ0n) is 14.5. The van der Waals surface area contributed by atoms with E-state index < -0.39 is 6.10 Å². The first-order valence-corrected chi connectivity index (χ1v) is 8.61. The molecule has 7 nitrogen and oxygen atoms in total. The fraction of sp³-hybridized carbons (Fsp3) is 0.200. The Hall–Kier alpha value is -3.50. The lowest BCUT2D eigenvalue weighted by molar-refractivity contribution is -0.117. The van der Waals surface area contributed by atoms with Gasteiger partial charge in [-0.3, -0.25) is 10.1 Å². The van der Waals surface area contributed by atoms with E-state index in [0.717, 1.165) is 24.1 Å². The highest BCUT2D eigenvalue weighted by Crippen LogP contribution is 2.30. The lowest BCUT2D eigenvalue weighted by atomic mass is 10.0. The molecular weight excluding hydrogens is 342 g/mol. The van der Waals surface area contributed by atoms with Crippen molar-refractivity contribution in [2.75, 3.05) is 5.32 Å². The Morgan fingerprint density at radius 2 is 2.04 bits per heavy atom. The Bertz CT molecular complexity index is 1070. The Balaban J connectivity index is 1.65. The number of fused-ring (bicyclic) bond motifs is 1. The van der Waals surface area contributed by atoms with Gasteiger partial charge in [0.15, 0.2) is 5.65 Å². The number of nitrogens with zero attached hydrogens (tertiary/aromatic N) is 4. The van der Waals surface area contributed by atoms with Crippen LogP contribution in [0.25, 0.3) is 16.9 Å². The van der Waals surface area contributed by atoms with Gasteiger partial charge in [-0.1, -0.05) is 36.9 Å². The molecule has 1 fully saturated rings. The summed E-state index contributed by atoms with van der Waals surface area (Å²) < 4.78 is 1.67.